The molecule has 5 heteroatoms. The van der Waals surface area contributed by atoms with Gasteiger partial charge in [-0.3, -0.25) is 0 Å². The summed E-state index contributed by atoms with van der Waals surface area (Å²) in [7, 11) is 0. The summed E-state index contributed by atoms with van der Waals surface area (Å²) < 4.78 is 6.21. The van der Waals surface area contributed by atoms with Gasteiger partial charge in [0, 0.05) is 10.9 Å². The van der Waals surface area contributed by atoms with Gasteiger partial charge in [-0.25, -0.2) is 4.98 Å². The smallest absolute Gasteiger partial charge is 0.198 e. The average molecular weight is 278 g/mol. The molecule has 0 aliphatic rings. The van der Waals surface area contributed by atoms with Crippen LogP contribution in [-0.2, 0) is 0 Å². The first-order chi connectivity index (χ1) is 7.75. The Labute approximate surface area is 99.6 Å². The molecular weight excluding hydrogens is 270 g/mol. The molecule has 0 aliphatic carbocycles. The second-order valence-corrected chi connectivity index (χ2v) is 4.22. The Morgan fingerprint density at radius 2 is 2.12 bits per heavy atom. The molecule has 1 aromatic carbocycles. The van der Waals surface area contributed by atoms with E-state index in [-0.39, 0.29) is 0 Å². The molecule has 0 spiro atoms. The van der Waals surface area contributed by atoms with Gasteiger partial charge in [-0.05, 0) is 22.0 Å². The number of halogens is 1. The molecule has 2 aromatic heterocycles. The van der Waals surface area contributed by atoms with Crippen molar-refractivity contribution in [2.45, 2.75) is 0 Å². The van der Waals surface area contributed by atoms with Crippen LogP contribution in [-0.4, -0.2) is 9.97 Å². The van der Waals surface area contributed by atoms with Crippen LogP contribution in [0.4, 0.5) is 5.95 Å². The van der Waals surface area contributed by atoms with Crippen molar-refractivity contribution in [2.75, 3.05) is 5.73 Å². The third-order valence-corrected chi connectivity index (χ3v) is 2.99. The highest BCUT2D eigenvalue weighted by atomic mass is 79.9. The van der Waals surface area contributed by atoms with E-state index in [2.05, 4.69) is 25.9 Å². The topological polar surface area (TPSA) is 67.8 Å². The lowest BCUT2D eigenvalue weighted by Gasteiger charge is -1.92. The van der Waals surface area contributed by atoms with E-state index in [9.17, 15) is 0 Å². The first-order valence-electron chi connectivity index (χ1n) is 4.73. The summed E-state index contributed by atoms with van der Waals surface area (Å²) in [5, 5.41) is 1.02. The zero-order valence-electron chi connectivity index (χ0n) is 8.20. The molecule has 2 heterocycles. The molecule has 0 amide bonds. The average Bonchev–Trinajstić information content (AvgIpc) is 2.81. The summed E-state index contributed by atoms with van der Waals surface area (Å²) in [5.74, 6) is 0.382. The number of nitrogens with zero attached hydrogens (tertiary/aromatic N) is 1. The zero-order chi connectivity index (χ0) is 11.1. The maximum Gasteiger partial charge on any atom is 0.198 e. The van der Waals surface area contributed by atoms with Gasteiger partial charge in [-0.1, -0.05) is 18.2 Å². The number of anilines is 1. The number of imidazole rings is 1. The number of para-hydroxylation sites is 1. The van der Waals surface area contributed by atoms with Crippen LogP contribution in [0.25, 0.3) is 22.2 Å². The van der Waals surface area contributed by atoms with Gasteiger partial charge in [0.2, 0.25) is 0 Å². The Morgan fingerprint density at radius 3 is 2.88 bits per heavy atom. The highest BCUT2D eigenvalue weighted by Crippen LogP contribution is 2.33. The lowest BCUT2D eigenvalue weighted by atomic mass is 10.1. The van der Waals surface area contributed by atoms with Crippen molar-refractivity contribution in [3.63, 3.8) is 0 Å². The predicted molar refractivity (Wildman–Crippen MR) is 65.9 cm³/mol. The summed E-state index contributed by atoms with van der Waals surface area (Å²) in [5.41, 5.74) is 8.13. The van der Waals surface area contributed by atoms with Crippen molar-refractivity contribution in [3.05, 3.63) is 35.1 Å². The van der Waals surface area contributed by atoms with E-state index in [4.69, 9.17) is 10.2 Å². The van der Waals surface area contributed by atoms with E-state index < -0.39 is 0 Å². The number of aromatic nitrogens is 2. The number of hydrogen-bond acceptors (Lipinski definition) is 3. The molecule has 0 atom stereocenters. The molecule has 0 saturated carbocycles. The monoisotopic (exact) mass is 277 g/mol. The molecular formula is C11H8BrN3O. The van der Waals surface area contributed by atoms with Gasteiger partial charge in [0.05, 0.1) is 0 Å². The number of hydrogen-bond donors (Lipinski definition) is 2. The van der Waals surface area contributed by atoms with Crippen molar-refractivity contribution in [2.24, 2.45) is 0 Å². The van der Waals surface area contributed by atoms with Crippen LogP contribution >= 0.6 is 15.9 Å². The molecule has 16 heavy (non-hydrogen) atoms. The van der Waals surface area contributed by atoms with Crippen LogP contribution in [0.1, 0.15) is 0 Å². The van der Waals surface area contributed by atoms with Crippen LogP contribution in [0.3, 0.4) is 0 Å². The molecule has 0 aliphatic heterocycles. The fraction of sp³-hybridized carbons (Fsp3) is 0. The van der Waals surface area contributed by atoms with E-state index in [0.29, 0.717) is 5.95 Å². The normalized spacial score (nSPS) is 11.1. The number of nitrogen functional groups attached to an aromatic ring is 1. The summed E-state index contributed by atoms with van der Waals surface area (Å²) in [4.78, 5) is 7.12. The summed E-state index contributed by atoms with van der Waals surface area (Å²) in [6.07, 6.45) is 1.69. The van der Waals surface area contributed by atoms with E-state index in [0.717, 1.165) is 26.8 Å². The van der Waals surface area contributed by atoms with E-state index in [1.54, 1.807) is 6.26 Å². The van der Waals surface area contributed by atoms with E-state index in [1.165, 1.54) is 0 Å². The third kappa shape index (κ3) is 1.32. The van der Waals surface area contributed by atoms with Crippen LogP contribution < -0.4 is 5.73 Å². The van der Waals surface area contributed by atoms with E-state index in [1.807, 2.05) is 24.3 Å². The van der Waals surface area contributed by atoms with Gasteiger partial charge >= 0.3 is 0 Å². The fourth-order valence-corrected chi connectivity index (χ4v) is 2.21. The minimum absolute atomic E-state index is 0.382. The molecule has 0 saturated heterocycles. The summed E-state index contributed by atoms with van der Waals surface area (Å²) in [6, 6.07) is 7.81. The Hall–Kier alpha value is -1.75. The van der Waals surface area contributed by atoms with Crippen molar-refractivity contribution < 1.29 is 4.42 Å². The van der Waals surface area contributed by atoms with Crippen LogP contribution in [0, 0.1) is 0 Å². The van der Waals surface area contributed by atoms with Crippen molar-refractivity contribution >= 4 is 32.8 Å². The number of benzene rings is 1. The molecule has 3 aromatic rings. The third-order valence-electron chi connectivity index (χ3n) is 2.41. The number of furan rings is 1. The highest BCUT2D eigenvalue weighted by molar-refractivity contribution is 9.10. The van der Waals surface area contributed by atoms with Crippen molar-refractivity contribution in [1.29, 1.82) is 0 Å². The highest BCUT2D eigenvalue weighted by Gasteiger charge is 2.14. The van der Waals surface area contributed by atoms with Gasteiger partial charge in [-0.15, -0.1) is 0 Å². The van der Waals surface area contributed by atoms with E-state index >= 15 is 0 Å². The Kier molecular flexibility index (Phi) is 2.00. The summed E-state index contributed by atoms with van der Waals surface area (Å²) in [6.45, 7) is 0. The van der Waals surface area contributed by atoms with Crippen molar-refractivity contribution in [3.8, 4) is 11.3 Å². The molecule has 0 bridgehead atoms. The number of rotatable bonds is 1. The fourth-order valence-electron chi connectivity index (χ4n) is 1.71. The number of nitrogens with one attached hydrogen (secondary N) is 1. The van der Waals surface area contributed by atoms with Crippen molar-refractivity contribution in [1.82, 2.24) is 9.97 Å². The Morgan fingerprint density at radius 1 is 1.31 bits per heavy atom. The molecule has 80 valence electrons. The quantitative estimate of drug-likeness (QED) is 0.718. The Balaban J connectivity index is 2.30. The number of fused-ring (bicyclic) bond motifs is 1. The van der Waals surface area contributed by atoms with Gasteiger partial charge in [0.15, 0.2) is 5.95 Å². The number of nitrogens with two attached hydrogens (primary N) is 1. The van der Waals surface area contributed by atoms with Crippen LogP contribution in [0.5, 0.6) is 0 Å². The minimum Gasteiger partial charge on any atom is -0.464 e. The lowest BCUT2D eigenvalue weighted by Crippen LogP contribution is -1.85. The van der Waals surface area contributed by atoms with Gasteiger partial charge < -0.3 is 15.1 Å². The first kappa shape index (κ1) is 9.47. The molecule has 0 radical (unpaired) electrons. The molecule has 0 unspecified atom stereocenters. The van der Waals surface area contributed by atoms with Gasteiger partial charge in [0.25, 0.3) is 0 Å². The molecule has 4 nitrogen and oxygen atoms in total. The van der Waals surface area contributed by atoms with Crippen LogP contribution in [0.2, 0.25) is 0 Å². The lowest BCUT2D eigenvalue weighted by molar-refractivity contribution is 0.617. The maximum atomic E-state index is 5.60. The molecule has 3 N–H and O–H groups in total. The van der Waals surface area contributed by atoms with Gasteiger partial charge in [0.1, 0.15) is 22.1 Å². The standard InChI is InChI=1S/C11H8BrN3O/c12-10-9(14-11(13)15-10)7-5-16-8-4-2-1-3-6(7)8/h1-5H,(H3,13,14,15). The number of H-pyrrole nitrogens is 1. The summed E-state index contributed by atoms with van der Waals surface area (Å²) >= 11 is 3.38. The SMILES string of the molecule is Nc1nc(-c2coc3ccccc23)c(Br)[nH]1. The largest absolute Gasteiger partial charge is 0.464 e. The predicted octanol–water partition coefficient (Wildman–Crippen LogP) is 3.17. The zero-order valence-corrected chi connectivity index (χ0v) is 9.78. The molecule has 0 fully saturated rings. The second kappa shape index (κ2) is 3.38. The second-order valence-electron chi connectivity index (χ2n) is 3.43. The maximum absolute atomic E-state index is 5.60. The minimum atomic E-state index is 0.382. The van der Waals surface area contributed by atoms with Crippen LogP contribution in [0.15, 0.2) is 39.5 Å². The first-order valence-corrected chi connectivity index (χ1v) is 5.52. The number of aromatic amines is 1. The molecule has 3 rings (SSSR count). The Bertz CT molecular complexity index is 656. The van der Waals surface area contributed by atoms with Gasteiger partial charge in [-0.2, -0.15) is 0 Å².